The Bertz CT molecular complexity index is 752. The van der Waals surface area contributed by atoms with E-state index in [2.05, 4.69) is 16.9 Å². The first kappa shape index (κ1) is 16.4. The van der Waals surface area contributed by atoms with Crippen molar-refractivity contribution >= 4 is 27.5 Å². The second-order valence-corrected chi connectivity index (χ2v) is 7.84. The predicted molar refractivity (Wildman–Crippen MR) is 95.1 cm³/mol. The molecule has 4 nitrogen and oxygen atoms in total. The van der Waals surface area contributed by atoms with E-state index in [1.807, 2.05) is 32.7 Å². The molecule has 2 unspecified atom stereocenters. The van der Waals surface area contributed by atoms with E-state index in [0.717, 1.165) is 38.6 Å². The molecule has 2 atom stereocenters. The molecule has 0 aromatic carbocycles. The molecule has 1 saturated carbocycles. The van der Waals surface area contributed by atoms with E-state index < -0.39 is 0 Å². The van der Waals surface area contributed by atoms with Crippen molar-refractivity contribution in [1.29, 1.82) is 0 Å². The van der Waals surface area contributed by atoms with Crippen LogP contribution in [-0.2, 0) is 0 Å². The lowest BCUT2D eigenvalue weighted by Crippen LogP contribution is -2.42. The first-order valence-electron chi connectivity index (χ1n) is 8.41. The number of carbonyl (C=O) groups is 1. The summed E-state index contributed by atoms with van der Waals surface area (Å²) in [6.07, 6.45) is 4.85. The van der Waals surface area contributed by atoms with Crippen LogP contribution in [0.2, 0.25) is 0 Å². The van der Waals surface area contributed by atoms with Gasteiger partial charge in [0.25, 0.3) is 5.91 Å². The maximum Gasteiger partial charge on any atom is 0.264 e. The predicted octanol–water partition coefficient (Wildman–Crippen LogP) is 4.27. The second-order valence-electron chi connectivity index (χ2n) is 6.84. The van der Waals surface area contributed by atoms with Crippen molar-refractivity contribution in [3.8, 4) is 0 Å². The minimum atomic E-state index is 0.140. The summed E-state index contributed by atoms with van der Waals surface area (Å²) in [4.78, 5) is 25.8. The van der Waals surface area contributed by atoms with Crippen molar-refractivity contribution in [3.05, 3.63) is 22.0 Å². The van der Waals surface area contributed by atoms with Gasteiger partial charge in [-0.2, -0.15) is 0 Å². The van der Waals surface area contributed by atoms with Crippen molar-refractivity contribution in [3.63, 3.8) is 0 Å². The number of nitrogens with zero attached hydrogens (tertiary/aromatic N) is 3. The van der Waals surface area contributed by atoms with Gasteiger partial charge in [0.1, 0.15) is 10.7 Å². The van der Waals surface area contributed by atoms with Gasteiger partial charge in [0.15, 0.2) is 0 Å². The zero-order chi connectivity index (χ0) is 16.7. The van der Waals surface area contributed by atoms with Gasteiger partial charge in [-0.3, -0.25) is 4.79 Å². The Balaban J connectivity index is 1.97. The molecular weight excluding hydrogens is 306 g/mol. The highest BCUT2D eigenvalue weighted by Gasteiger charge is 2.30. The number of hydrogen-bond acceptors (Lipinski definition) is 4. The van der Waals surface area contributed by atoms with Gasteiger partial charge in [-0.25, -0.2) is 9.97 Å². The largest absolute Gasteiger partial charge is 0.338 e. The van der Waals surface area contributed by atoms with Gasteiger partial charge in [-0.05, 0) is 45.1 Å². The van der Waals surface area contributed by atoms with Gasteiger partial charge in [-0.1, -0.05) is 19.8 Å². The number of fused-ring (bicyclic) bond motifs is 1. The highest BCUT2D eigenvalue weighted by atomic mass is 32.1. The van der Waals surface area contributed by atoms with E-state index in [0.29, 0.717) is 12.0 Å². The quantitative estimate of drug-likeness (QED) is 0.825. The maximum atomic E-state index is 13.1. The first-order valence-corrected chi connectivity index (χ1v) is 9.23. The van der Waals surface area contributed by atoms with E-state index in [9.17, 15) is 4.79 Å². The molecule has 1 aliphatic rings. The van der Waals surface area contributed by atoms with Crippen LogP contribution in [-0.4, -0.2) is 33.9 Å². The third-order valence-electron chi connectivity index (χ3n) is 5.16. The lowest BCUT2D eigenvalue weighted by molar-refractivity contribution is 0.0633. The molecule has 5 heteroatoms. The van der Waals surface area contributed by atoms with Crippen molar-refractivity contribution in [2.24, 2.45) is 5.92 Å². The zero-order valence-corrected chi connectivity index (χ0v) is 15.5. The molecule has 0 aliphatic heterocycles. The summed E-state index contributed by atoms with van der Waals surface area (Å²) >= 11 is 1.51. The standard InChI is InChI=1S/C18H25N3OS/c1-10-8-6-7-9-14(10)21(5)18(22)16-11(2)15-12(3)19-13(4)20-17(15)23-16/h10,14H,6-9H2,1-5H3. The Kier molecular flexibility index (Phi) is 4.41. The summed E-state index contributed by atoms with van der Waals surface area (Å²) in [5.74, 6) is 1.49. The van der Waals surface area contributed by atoms with Crippen molar-refractivity contribution in [2.75, 3.05) is 7.05 Å². The molecular formula is C18H25N3OS. The highest BCUT2D eigenvalue weighted by Crippen LogP contribution is 2.34. The number of aromatic nitrogens is 2. The van der Waals surface area contributed by atoms with Crippen LogP contribution in [0.25, 0.3) is 10.2 Å². The molecule has 0 radical (unpaired) electrons. The number of aryl methyl sites for hydroxylation is 3. The number of carbonyl (C=O) groups excluding carboxylic acids is 1. The second kappa shape index (κ2) is 6.19. The average molecular weight is 331 g/mol. The number of amides is 1. The molecule has 124 valence electrons. The number of hydrogen-bond donors (Lipinski definition) is 0. The van der Waals surface area contributed by atoms with Crippen LogP contribution in [0.3, 0.4) is 0 Å². The van der Waals surface area contributed by atoms with Gasteiger partial charge < -0.3 is 4.90 Å². The molecule has 0 spiro atoms. The van der Waals surface area contributed by atoms with Gasteiger partial charge in [-0.15, -0.1) is 11.3 Å². The molecule has 1 aliphatic carbocycles. The van der Waals surface area contributed by atoms with Crippen molar-refractivity contribution in [2.45, 2.75) is 59.4 Å². The monoisotopic (exact) mass is 331 g/mol. The van der Waals surface area contributed by atoms with Crippen LogP contribution in [0.4, 0.5) is 0 Å². The normalized spacial score (nSPS) is 21.6. The SMILES string of the molecule is Cc1nc(C)c2c(C)c(C(=O)N(C)C3CCCCC3C)sc2n1. The molecule has 1 fully saturated rings. The number of rotatable bonds is 2. The summed E-state index contributed by atoms with van der Waals surface area (Å²) in [6.45, 7) is 8.19. The Labute approximate surface area is 141 Å². The van der Waals surface area contributed by atoms with E-state index in [1.165, 1.54) is 30.6 Å². The van der Waals surface area contributed by atoms with Crippen LogP contribution < -0.4 is 0 Å². The van der Waals surface area contributed by atoms with Gasteiger partial charge in [0.2, 0.25) is 0 Å². The van der Waals surface area contributed by atoms with Crippen LogP contribution in [0.1, 0.15) is 59.4 Å². The van der Waals surface area contributed by atoms with E-state index >= 15 is 0 Å². The van der Waals surface area contributed by atoms with E-state index in [1.54, 1.807) is 0 Å². The summed E-state index contributed by atoms with van der Waals surface area (Å²) < 4.78 is 0. The van der Waals surface area contributed by atoms with Crippen LogP contribution in [0.5, 0.6) is 0 Å². The van der Waals surface area contributed by atoms with E-state index in [4.69, 9.17) is 0 Å². The fourth-order valence-corrected chi connectivity index (χ4v) is 5.12. The molecule has 0 saturated heterocycles. The lowest BCUT2D eigenvalue weighted by Gasteiger charge is -2.36. The fourth-order valence-electron chi connectivity index (χ4n) is 3.86. The first-order chi connectivity index (χ1) is 10.9. The lowest BCUT2D eigenvalue weighted by atomic mass is 9.85. The minimum absolute atomic E-state index is 0.140. The average Bonchev–Trinajstić information content (AvgIpc) is 2.83. The summed E-state index contributed by atoms with van der Waals surface area (Å²) in [7, 11) is 1.96. The molecule has 1 amide bonds. The molecule has 2 aromatic rings. The van der Waals surface area contributed by atoms with Crippen LogP contribution >= 0.6 is 11.3 Å². The third-order valence-corrected chi connectivity index (χ3v) is 6.33. The summed E-state index contributed by atoms with van der Waals surface area (Å²) in [5, 5.41) is 1.05. The Morgan fingerprint density at radius 1 is 1.17 bits per heavy atom. The van der Waals surface area contributed by atoms with Crippen LogP contribution in [0, 0.1) is 26.7 Å². The Hall–Kier alpha value is -1.49. The summed E-state index contributed by atoms with van der Waals surface area (Å²) in [6, 6.07) is 0.356. The molecule has 2 heterocycles. The molecule has 3 rings (SSSR count). The molecule has 2 aromatic heterocycles. The fraction of sp³-hybridized carbons (Fsp3) is 0.611. The highest BCUT2D eigenvalue weighted by molar-refractivity contribution is 7.20. The Morgan fingerprint density at radius 2 is 1.87 bits per heavy atom. The molecule has 0 N–H and O–H groups in total. The molecule has 23 heavy (non-hydrogen) atoms. The maximum absolute atomic E-state index is 13.1. The molecule has 0 bridgehead atoms. The number of thiophene rings is 1. The summed E-state index contributed by atoms with van der Waals surface area (Å²) in [5.41, 5.74) is 2.00. The van der Waals surface area contributed by atoms with Crippen LogP contribution in [0.15, 0.2) is 0 Å². The third kappa shape index (κ3) is 2.87. The Morgan fingerprint density at radius 3 is 2.57 bits per heavy atom. The van der Waals surface area contributed by atoms with Crippen molar-refractivity contribution in [1.82, 2.24) is 14.9 Å². The zero-order valence-electron chi connectivity index (χ0n) is 14.6. The van der Waals surface area contributed by atoms with E-state index in [-0.39, 0.29) is 5.91 Å². The topological polar surface area (TPSA) is 46.1 Å². The van der Waals surface area contributed by atoms with Gasteiger partial charge in [0.05, 0.1) is 4.88 Å². The van der Waals surface area contributed by atoms with Crippen molar-refractivity contribution < 1.29 is 4.79 Å². The van der Waals surface area contributed by atoms with Gasteiger partial charge >= 0.3 is 0 Å². The smallest absolute Gasteiger partial charge is 0.264 e. The van der Waals surface area contributed by atoms with Gasteiger partial charge in [0, 0.05) is 24.2 Å². The minimum Gasteiger partial charge on any atom is -0.338 e.